The lowest BCUT2D eigenvalue weighted by Crippen LogP contribution is -1.94. The number of hydrogen-bond donors (Lipinski definition) is 2. The molecule has 0 aliphatic heterocycles. The Kier molecular flexibility index (Phi) is 9.18. The largest absolute Gasteiger partial charge is 0.481 e. The third-order valence-corrected chi connectivity index (χ3v) is 3.34. The summed E-state index contributed by atoms with van der Waals surface area (Å²) >= 11 is 0. The number of carbonyl (C=O) groups is 2. The number of aliphatic carboxylic acids is 2. The van der Waals surface area contributed by atoms with E-state index in [2.05, 4.69) is 0 Å². The molecular weight excluding hydrogens is 328 g/mol. The lowest BCUT2D eigenvalue weighted by Gasteiger charge is -1.99. The van der Waals surface area contributed by atoms with Crippen molar-refractivity contribution in [2.75, 3.05) is 0 Å². The van der Waals surface area contributed by atoms with Gasteiger partial charge in [-0.3, -0.25) is 4.79 Å². The van der Waals surface area contributed by atoms with Crippen molar-refractivity contribution in [1.29, 1.82) is 0 Å². The smallest absolute Gasteiger partial charge is 0.328 e. The van der Waals surface area contributed by atoms with Crippen LogP contribution in [0.15, 0.2) is 77.9 Å². The molecule has 0 atom stereocenters. The van der Waals surface area contributed by atoms with Crippen molar-refractivity contribution in [3.8, 4) is 0 Å². The predicted octanol–water partition coefficient (Wildman–Crippen LogP) is 4.82. The number of hydrogen-bond acceptors (Lipinski definition) is 2. The van der Waals surface area contributed by atoms with Crippen LogP contribution in [0, 0.1) is 0 Å². The maximum absolute atomic E-state index is 10.4. The molecule has 2 N–H and O–H groups in total. The first-order valence-electron chi connectivity index (χ1n) is 8.25. The standard InChI is InChI=1S/2C11H12O2/c2*1-9(8-11(12)13)7-10-5-3-2-4-6-10/h2-6,8H,7H2,1H3,(H,12,13);2-7H,8H2,1H3,(H,12,13). The van der Waals surface area contributed by atoms with E-state index in [9.17, 15) is 9.59 Å². The fourth-order valence-electron chi connectivity index (χ4n) is 2.30. The van der Waals surface area contributed by atoms with Crippen LogP contribution in [-0.4, -0.2) is 22.2 Å². The van der Waals surface area contributed by atoms with Crippen molar-refractivity contribution < 1.29 is 19.8 Å². The highest BCUT2D eigenvalue weighted by molar-refractivity contribution is 5.80. The van der Waals surface area contributed by atoms with Gasteiger partial charge in [0.15, 0.2) is 0 Å². The molecule has 0 fully saturated rings. The molecule has 0 aliphatic carbocycles. The molecule has 0 radical (unpaired) electrons. The van der Waals surface area contributed by atoms with E-state index >= 15 is 0 Å². The van der Waals surface area contributed by atoms with Crippen LogP contribution in [0.25, 0.3) is 6.08 Å². The minimum atomic E-state index is -0.881. The Hall–Kier alpha value is -3.14. The van der Waals surface area contributed by atoms with Gasteiger partial charge in [0.2, 0.25) is 0 Å². The van der Waals surface area contributed by atoms with E-state index < -0.39 is 11.9 Å². The van der Waals surface area contributed by atoms with Gasteiger partial charge in [-0.25, -0.2) is 4.79 Å². The lowest BCUT2D eigenvalue weighted by atomic mass is 10.1. The highest BCUT2D eigenvalue weighted by Crippen LogP contribution is 2.08. The molecule has 0 unspecified atom stereocenters. The van der Waals surface area contributed by atoms with Crippen molar-refractivity contribution in [3.05, 3.63) is 89.0 Å². The van der Waals surface area contributed by atoms with E-state index in [0.29, 0.717) is 6.42 Å². The molecule has 4 nitrogen and oxygen atoms in total. The van der Waals surface area contributed by atoms with Gasteiger partial charge in [-0.1, -0.05) is 77.9 Å². The highest BCUT2D eigenvalue weighted by Gasteiger charge is 1.98. The molecule has 0 amide bonds. The fourth-order valence-corrected chi connectivity index (χ4v) is 2.30. The van der Waals surface area contributed by atoms with Gasteiger partial charge in [-0.15, -0.1) is 0 Å². The summed E-state index contributed by atoms with van der Waals surface area (Å²) in [6, 6.07) is 19.5. The summed E-state index contributed by atoms with van der Waals surface area (Å²) in [5, 5.41) is 17.0. The van der Waals surface area contributed by atoms with Gasteiger partial charge in [-0.2, -0.15) is 0 Å². The first kappa shape index (κ1) is 20.9. The van der Waals surface area contributed by atoms with Gasteiger partial charge in [0, 0.05) is 6.08 Å². The van der Waals surface area contributed by atoms with Crippen LogP contribution in [0.4, 0.5) is 0 Å². The van der Waals surface area contributed by atoms with E-state index in [4.69, 9.17) is 10.2 Å². The minimum Gasteiger partial charge on any atom is -0.481 e. The third kappa shape index (κ3) is 9.88. The number of allylic oxidation sites excluding steroid dienone is 1. The second-order valence-corrected chi connectivity index (χ2v) is 5.96. The summed E-state index contributed by atoms with van der Waals surface area (Å²) < 4.78 is 0. The number of benzene rings is 2. The number of rotatable bonds is 6. The van der Waals surface area contributed by atoms with Gasteiger partial charge in [0.1, 0.15) is 0 Å². The minimum absolute atomic E-state index is 0.106. The first-order chi connectivity index (χ1) is 12.4. The molecule has 2 aromatic rings. The SMILES string of the molecule is CC(=CC(=O)O)Cc1ccccc1.CC(=Cc1ccccc1)CC(=O)O. The van der Waals surface area contributed by atoms with E-state index in [0.717, 1.165) is 22.3 Å². The van der Waals surface area contributed by atoms with Crippen molar-refractivity contribution in [2.45, 2.75) is 26.7 Å². The summed E-state index contributed by atoms with van der Waals surface area (Å²) in [4.78, 5) is 20.7. The summed E-state index contributed by atoms with van der Waals surface area (Å²) in [5.41, 5.74) is 3.90. The van der Waals surface area contributed by atoms with Crippen LogP contribution in [0.1, 0.15) is 31.4 Å². The van der Waals surface area contributed by atoms with Gasteiger partial charge in [0.05, 0.1) is 6.42 Å². The third-order valence-electron chi connectivity index (χ3n) is 3.34. The molecule has 0 aliphatic rings. The Balaban J connectivity index is 0.000000260. The summed E-state index contributed by atoms with van der Waals surface area (Å²) in [6.07, 6.45) is 3.93. The normalized spacial score (nSPS) is 11.3. The zero-order valence-electron chi connectivity index (χ0n) is 15.1. The number of carboxylic acid groups (broad SMARTS) is 2. The van der Waals surface area contributed by atoms with Gasteiger partial charge >= 0.3 is 11.9 Å². The Morgan fingerprint density at radius 1 is 0.846 bits per heavy atom. The number of carboxylic acids is 2. The Morgan fingerprint density at radius 3 is 1.88 bits per heavy atom. The van der Waals surface area contributed by atoms with Crippen molar-refractivity contribution in [1.82, 2.24) is 0 Å². The zero-order chi connectivity index (χ0) is 19.4. The van der Waals surface area contributed by atoms with Crippen molar-refractivity contribution in [2.24, 2.45) is 0 Å². The molecular formula is C22H24O4. The first-order valence-corrected chi connectivity index (χ1v) is 8.25. The summed E-state index contributed by atoms with van der Waals surface area (Å²) in [6.45, 7) is 3.64. The van der Waals surface area contributed by atoms with E-state index in [-0.39, 0.29) is 6.42 Å². The molecule has 0 spiro atoms. The molecule has 0 heterocycles. The topological polar surface area (TPSA) is 74.6 Å². The molecule has 0 saturated carbocycles. The molecule has 0 aromatic heterocycles. The van der Waals surface area contributed by atoms with Crippen LogP contribution in [0.2, 0.25) is 0 Å². The highest BCUT2D eigenvalue weighted by atomic mass is 16.4. The van der Waals surface area contributed by atoms with Gasteiger partial charge in [0.25, 0.3) is 0 Å². The second-order valence-electron chi connectivity index (χ2n) is 5.96. The monoisotopic (exact) mass is 352 g/mol. The van der Waals surface area contributed by atoms with E-state index in [1.54, 1.807) is 0 Å². The molecule has 26 heavy (non-hydrogen) atoms. The molecule has 2 aromatic carbocycles. The average Bonchev–Trinajstić information content (AvgIpc) is 2.55. The van der Waals surface area contributed by atoms with Gasteiger partial charge in [-0.05, 0) is 31.4 Å². The molecule has 4 heteroatoms. The summed E-state index contributed by atoms with van der Waals surface area (Å²) in [7, 11) is 0. The van der Waals surface area contributed by atoms with Crippen LogP contribution < -0.4 is 0 Å². The second kappa shape index (κ2) is 11.4. The summed E-state index contributed by atoms with van der Waals surface area (Å²) in [5.74, 6) is -1.67. The maximum atomic E-state index is 10.4. The van der Waals surface area contributed by atoms with Crippen LogP contribution in [-0.2, 0) is 16.0 Å². The van der Waals surface area contributed by atoms with Crippen LogP contribution in [0.3, 0.4) is 0 Å². The molecule has 136 valence electrons. The molecule has 2 rings (SSSR count). The molecule has 0 saturated heterocycles. The fraction of sp³-hybridized carbons (Fsp3) is 0.182. The van der Waals surface area contributed by atoms with Crippen LogP contribution >= 0.6 is 0 Å². The Labute approximate surface area is 154 Å². The van der Waals surface area contributed by atoms with Gasteiger partial charge < -0.3 is 10.2 Å². The van der Waals surface area contributed by atoms with Crippen molar-refractivity contribution >= 4 is 18.0 Å². The van der Waals surface area contributed by atoms with E-state index in [1.807, 2.05) is 80.6 Å². The maximum Gasteiger partial charge on any atom is 0.328 e. The lowest BCUT2D eigenvalue weighted by molar-refractivity contribution is -0.136. The average molecular weight is 352 g/mol. The zero-order valence-corrected chi connectivity index (χ0v) is 15.1. The molecule has 0 bridgehead atoms. The predicted molar refractivity (Wildman–Crippen MR) is 104 cm³/mol. The van der Waals surface area contributed by atoms with E-state index in [1.165, 1.54) is 6.08 Å². The Bertz CT molecular complexity index is 759. The Morgan fingerprint density at radius 2 is 1.38 bits per heavy atom. The van der Waals surface area contributed by atoms with Crippen molar-refractivity contribution in [3.63, 3.8) is 0 Å². The quantitative estimate of drug-likeness (QED) is 0.731. The van der Waals surface area contributed by atoms with Crippen LogP contribution in [0.5, 0.6) is 0 Å².